The van der Waals surface area contributed by atoms with Crippen molar-refractivity contribution in [3.63, 3.8) is 0 Å². The number of hydrogen-bond acceptors (Lipinski definition) is 11. The van der Waals surface area contributed by atoms with Gasteiger partial charge in [0.05, 0.1) is 42.6 Å². The molecular weight excluding hydrogens is 833 g/mol. The molecule has 0 aromatic carbocycles. The van der Waals surface area contributed by atoms with Gasteiger partial charge in [-0.05, 0) is 147 Å². The zero-order chi connectivity index (χ0) is 46.5. The smallest absolute Gasteiger partial charge is 0.332 e. The van der Waals surface area contributed by atoms with Crippen LogP contribution in [-0.4, -0.2) is 119 Å². The summed E-state index contributed by atoms with van der Waals surface area (Å²) in [6, 6.07) is -0.111. The van der Waals surface area contributed by atoms with Gasteiger partial charge in [0.15, 0.2) is 0 Å². The Bertz CT molecular complexity index is 1760. The summed E-state index contributed by atoms with van der Waals surface area (Å²) in [7, 11) is -0.987. The number of carboxylic acid groups (broad SMARTS) is 1. The van der Waals surface area contributed by atoms with Crippen LogP contribution in [0, 0.1) is 73.9 Å². The van der Waals surface area contributed by atoms with Gasteiger partial charge in [-0.1, -0.05) is 55.4 Å². The molecule has 8 fully saturated rings. The molecule has 1 heterocycles. The molecule has 4 N–H and O–H groups in total. The van der Waals surface area contributed by atoms with E-state index in [1.165, 1.54) is 51.4 Å². The second-order valence-corrected chi connectivity index (χ2v) is 27.3. The molecule has 0 amide bonds. The van der Waals surface area contributed by atoms with Crippen LogP contribution in [-0.2, 0) is 33.3 Å². The molecule has 7 aliphatic carbocycles. The van der Waals surface area contributed by atoms with Gasteiger partial charge in [0, 0.05) is 37.7 Å². The highest BCUT2D eigenvalue weighted by Gasteiger charge is 2.72. The van der Waals surface area contributed by atoms with E-state index >= 15 is 0 Å². The number of nitrogens with zero attached hydrogens (tertiary/aromatic N) is 1. The quantitative estimate of drug-likeness (QED) is 0.0913. The minimum Gasteiger partial charge on any atom is -0.481 e. The van der Waals surface area contributed by atoms with E-state index in [1.54, 1.807) is 7.11 Å². The SMILES string of the molecule is COCCOCC(=O)O[C@H](C)[C@@H](CN[C@]12CC[C@@H](C3(C)CC3)[C@@H]1[C@H]1CC[C@@H]3[C@@]4(C)CC[C@H](OC(=O)[C@H]5C[C@@H](C(=O)O)C5(C)C)C(C)(C)[C@@H]4CC[C@@]3(C)[C@]1(C)CC2)N1CCS(O)(O)CC1. The minimum absolute atomic E-state index is 0.00183. The van der Waals surface area contributed by atoms with Crippen LogP contribution in [0.1, 0.15) is 146 Å². The molecule has 0 aromatic heterocycles. The Balaban J connectivity index is 1.01. The Morgan fingerprint density at radius 3 is 2.11 bits per heavy atom. The van der Waals surface area contributed by atoms with Crippen molar-refractivity contribution in [1.29, 1.82) is 0 Å². The van der Waals surface area contributed by atoms with E-state index in [9.17, 15) is 28.6 Å². The van der Waals surface area contributed by atoms with Gasteiger partial charge in [-0.2, -0.15) is 10.6 Å². The first-order chi connectivity index (χ1) is 29.9. The fourth-order valence-electron chi connectivity index (χ4n) is 17.0. The van der Waals surface area contributed by atoms with E-state index in [0.717, 1.165) is 25.7 Å². The maximum atomic E-state index is 13.8. The first kappa shape index (κ1) is 49.0. The summed E-state index contributed by atoms with van der Waals surface area (Å²) >= 11 is 0. The summed E-state index contributed by atoms with van der Waals surface area (Å²) in [6.45, 7) is 23.5. The number of ether oxygens (including phenoxy) is 4. The minimum atomic E-state index is -2.59. The molecule has 0 radical (unpaired) electrons. The van der Waals surface area contributed by atoms with Crippen LogP contribution >= 0.6 is 10.6 Å². The van der Waals surface area contributed by atoms with Crippen molar-refractivity contribution in [3.05, 3.63) is 0 Å². The number of carbonyl (C=O) groups excluding carboxylic acids is 2. The van der Waals surface area contributed by atoms with E-state index in [2.05, 4.69) is 51.8 Å². The highest BCUT2D eigenvalue weighted by molar-refractivity contribution is 8.24. The van der Waals surface area contributed by atoms with Crippen LogP contribution in [0.25, 0.3) is 0 Å². The van der Waals surface area contributed by atoms with Crippen LogP contribution in [0.5, 0.6) is 0 Å². The maximum Gasteiger partial charge on any atom is 0.332 e. The predicted molar refractivity (Wildman–Crippen MR) is 249 cm³/mol. The van der Waals surface area contributed by atoms with Crippen LogP contribution in [0.15, 0.2) is 0 Å². The zero-order valence-corrected chi connectivity index (χ0v) is 42.0. The maximum absolute atomic E-state index is 13.8. The van der Waals surface area contributed by atoms with E-state index in [0.29, 0.717) is 85.8 Å². The third-order valence-electron chi connectivity index (χ3n) is 21.5. The van der Waals surface area contributed by atoms with Gasteiger partial charge in [0.25, 0.3) is 0 Å². The van der Waals surface area contributed by atoms with Gasteiger partial charge < -0.3 is 29.4 Å². The lowest BCUT2D eigenvalue weighted by Crippen LogP contribution is -2.69. The molecule has 7 saturated carbocycles. The van der Waals surface area contributed by atoms with Gasteiger partial charge in [0.1, 0.15) is 18.8 Å². The number of carbonyl (C=O) groups is 3. The molecular formula is C51H86N2O10S. The molecule has 0 spiro atoms. The number of hydrogen-bond donors (Lipinski definition) is 4. The summed E-state index contributed by atoms with van der Waals surface area (Å²) in [6.07, 6.45) is 13.9. The Kier molecular flexibility index (Phi) is 13.1. The molecule has 0 unspecified atom stereocenters. The average molecular weight is 919 g/mol. The molecule has 366 valence electrons. The Labute approximate surface area is 386 Å². The lowest BCUT2D eigenvalue weighted by molar-refractivity contribution is -0.250. The second kappa shape index (κ2) is 17.2. The molecule has 13 heteroatoms. The number of carboxylic acids is 1. The predicted octanol–water partition coefficient (Wildman–Crippen LogP) is 8.90. The van der Waals surface area contributed by atoms with Crippen molar-refractivity contribution >= 4 is 28.5 Å². The van der Waals surface area contributed by atoms with Crippen LogP contribution in [0.2, 0.25) is 0 Å². The van der Waals surface area contributed by atoms with Crippen molar-refractivity contribution < 1.29 is 47.5 Å². The summed E-state index contributed by atoms with van der Waals surface area (Å²) < 4.78 is 44.3. The Hall–Kier alpha value is -1.48. The van der Waals surface area contributed by atoms with Crippen molar-refractivity contribution in [1.82, 2.24) is 10.2 Å². The number of aliphatic carboxylic acids is 1. The highest BCUT2D eigenvalue weighted by atomic mass is 32.3. The lowest BCUT2D eigenvalue weighted by atomic mass is 9.32. The molecule has 1 saturated heterocycles. The standard InChI is InChI=1S/C51H86N2O10S/c1-32(62-41(54)31-61-26-25-60-10)37(53-23-27-64(58,59)28-24-53)30-52-51-18-13-33(47(6)19-20-47)42(51)34-11-12-39-48(7)16-15-40(63-44(57)36-29-35(43(55)56)45(36,2)3)46(4,5)38(48)14-17-50(39,9)49(34,8)21-22-51/h32-40,42,52,58-59H,11-31H2,1-10H3,(H,55,56)/t32-,33-,34-,35+,36-,37-,38+,39-,40+,42-,48+,49-,50-,51+/m1/s1. The van der Waals surface area contributed by atoms with E-state index in [-0.39, 0.29) is 63.8 Å². The van der Waals surface area contributed by atoms with E-state index in [4.69, 9.17) is 18.9 Å². The van der Waals surface area contributed by atoms with Gasteiger partial charge in [0.2, 0.25) is 0 Å². The summed E-state index contributed by atoms with van der Waals surface area (Å²) in [4.78, 5) is 41.0. The van der Waals surface area contributed by atoms with Crippen molar-refractivity contribution in [2.45, 2.75) is 170 Å². The normalized spacial score (nSPS) is 44.0. The summed E-state index contributed by atoms with van der Waals surface area (Å²) in [5.74, 6) is 1.25. The molecule has 8 aliphatic rings. The molecule has 64 heavy (non-hydrogen) atoms. The molecule has 1 aliphatic heterocycles. The van der Waals surface area contributed by atoms with Crippen molar-refractivity contribution in [3.8, 4) is 0 Å². The topological polar surface area (TPSA) is 164 Å². The largest absolute Gasteiger partial charge is 0.481 e. The molecule has 8 rings (SSSR count). The number of methoxy groups -OCH3 is 1. The monoisotopic (exact) mass is 919 g/mol. The fourth-order valence-corrected chi connectivity index (χ4v) is 18.2. The van der Waals surface area contributed by atoms with Crippen LogP contribution < -0.4 is 5.32 Å². The van der Waals surface area contributed by atoms with Crippen LogP contribution in [0.4, 0.5) is 0 Å². The van der Waals surface area contributed by atoms with E-state index < -0.39 is 34.0 Å². The third kappa shape index (κ3) is 8.12. The number of fused-ring (bicyclic) bond motifs is 7. The number of nitrogens with one attached hydrogen (secondary N) is 1. The van der Waals surface area contributed by atoms with Crippen LogP contribution in [0.3, 0.4) is 0 Å². The molecule has 14 atom stereocenters. The second-order valence-electron chi connectivity index (χ2n) is 24.9. The lowest BCUT2D eigenvalue weighted by Gasteiger charge is -2.73. The molecule has 0 aromatic rings. The average Bonchev–Trinajstić information content (AvgIpc) is 3.83. The number of esters is 2. The first-order valence-corrected chi connectivity index (χ1v) is 27.2. The summed E-state index contributed by atoms with van der Waals surface area (Å²) in [5, 5.41) is 14.1. The van der Waals surface area contributed by atoms with Crippen molar-refractivity contribution in [2.75, 3.05) is 58.1 Å². The van der Waals surface area contributed by atoms with Crippen molar-refractivity contribution in [2.24, 2.45) is 73.9 Å². The van der Waals surface area contributed by atoms with Gasteiger partial charge in [-0.3, -0.25) is 23.6 Å². The Morgan fingerprint density at radius 1 is 0.766 bits per heavy atom. The molecule has 0 bridgehead atoms. The number of rotatable bonds is 15. The highest BCUT2D eigenvalue weighted by Crippen LogP contribution is 2.78. The third-order valence-corrected chi connectivity index (χ3v) is 23.1. The van der Waals surface area contributed by atoms with E-state index in [1.807, 2.05) is 20.8 Å². The zero-order valence-electron chi connectivity index (χ0n) is 41.2. The first-order valence-electron chi connectivity index (χ1n) is 25.3. The van der Waals surface area contributed by atoms with Gasteiger partial charge in [-0.25, -0.2) is 4.79 Å². The van der Waals surface area contributed by atoms with Gasteiger partial charge >= 0.3 is 17.9 Å². The molecule has 12 nitrogen and oxygen atoms in total. The van der Waals surface area contributed by atoms with Gasteiger partial charge in [-0.15, -0.1) is 0 Å². The fraction of sp³-hybridized carbons (Fsp3) is 0.941. The Morgan fingerprint density at radius 2 is 1.47 bits per heavy atom. The summed E-state index contributed by atoms with van der Waals surface area (Å²) in [5.41, 5.74) is 0.103.